The molecule has 0 amide bonds. The third kappa shape index (κ3) is 2.48. The van der Waals surface area contributed by atoms with Crippen LogP contribution in [0, 0.1) is 0 Å². The van der Waals surface area contributed by atoms with E-state index in [1.54, 1.807) is 30.9 Å². The van der Waals surface area contributed by atoms with Gasteiger partial charge in [-0.15, -0.1) is 0 Å². The van der Waals surface area contributed by atoms with Crippen LogP contribution in [0.2, 0.25) is 0 Å². The first-order chi connectivity index (χ1) is 10.7. The lowest BCUT2D eigenvalue weighted by Gasteiger charge is -2.16. The van der Waals surface area contributed by atoms with Crippen molar-refractivity contribution in [2.75, 3.05) is 14.2 Å². The lowest BCUT2D eigenvalue weighted by Crippen LogP contribution is -2.24. The molecule has 5 nitrogen and oxygen atoms in total. The Morgan fingerprint density at radius 2 is 1.95 bits per heavy atom. The second-order valence-corrected chi connectivity index (χ2v) is 5.37. The maximum Gasteiger partial charge on any atom is 0.256 e. The molecule has 0 saturated heterocycles. The number of rotatable bonds is 5. The standard InChI is InChI=1S/C17H19NO4/c1-21-13-6-7-14(16(9-13)22-2)15-8-3-11(10-19)17(20)18(15)12-4-5-12/h3,6-9,12,19H,4-5,10H2,1-2H3. The molecular weight excluding hydrogens is 282 g/mol. The number of pyridine rings is 1. The summed E-state index contributed by atoms with van der Waals surface area (Å²) in [5.74, 6) is 1.36. The van der Waals surface area contributed by atoms with E-state index in [2.05, 4.69) is 0 Å². The molecule has 2 aromatic rings. The number of benzene rings is 1. The van der Waals surface area contributed by atoms with Crippen LogP contribution in [-0.2, 0) is 6.61 Å². The van der Waals surface area contributed by atoms with Gasteiger partial charge in [0.1, 0.15) is 11.5 Å². The third-order valence-electron chi connectivity index (χ3n) is 3.96. The van der Waals surface area contributed by atoms with Crippen LogP contribution < -0.4 is 15.0 Å². The molecule has 1 aromatic carbocycles. The Morgan fingerprint density at radius 1 is 1.18 bits per heavy atom. The smallest absolute Gasteiger partial charge is 0.256 e. The zero-order chi connectivity index (χ0) is 15.7. The van der Waals surface area contributed by atoms with E-state index in [4.69, 9.17) is 9.47 Å². The van der Waals surface area contributed by atoms with E-state index in [0.29, 0.717) is 17.1 Å². The Labute approximate surface area is 128 Å². The molecule has 1 N–H and O–H groups in total. The number of hydrogen-bond donors (Lipinski definition) is 1. The van der Waals surface area contributed by atoms with E-state index < -0.39 is 0 Å². The Hall–Kier alpha value is -2.27. The van der Waals surface area contributed by atoms with Crippen molar-refractivity contribution >= 4 is 0 Å². The fourth-order valence-electron chi connectivity index (χ4n) is 2.64. The predicted octanol–water partition coefficient (Wildman–Crippen LogP) is 2.36. The maximum atomic E-state index is 12.5. The molecule has 1 aliphatic carbocycles. The molecule has 0 spiro atoms. The topological polar surface area (TPSA) is 60.7 Å². The van der Waals surface area contributed by atoms with Gasteiger partial charge < -0.3 is 19.1 Å². The van der Waals surface area contributed by atoms with Gasteiger partial charge in [0, 0.05) is 23.2 Å². The average molecular weight is 301 g/mol. The van der Waals surface area contributed by atoms with Crippen molar-refractivity contribution in [2.24, 2.45) is 0 Å². The summed E-state index contributed by atoms with van der Waals surface area (Å²) in [7, 11) is 3.20. The second-order valence-electron chi connectivity index (χ2n) is 5.37. The summed E-state index contributed by atoms with van der Waals surface area (Å²) in [6, 6.07) is 9.30. The van der Waals surface area contributed by atoms with Crippen LogP contribution in [0.5, 0.6) is 11.5 Å². The van der Waals surface area contributed by atoms with Gasteiger partial charge in [0.25, 0.3) is 5.56 Å². The van der Waals surface area contributed by atoms with Crippen molar-refractivity contribution in [3.63, 3.8) is 0 Å². The molecule has 1 fully saturated rings. The van der Waals surface area contributed by atoms with Crippen molar-refractivity contribution in [3.8, 4) is 22.8 Å². The number of hydrogen-bond acceptors (Lipinski definition) is 4. The highest BCUT2D eigenvalue weighted by Crippen LogP contribution is 2.40. The minimum Gasteiger partial charge on any atom is -0.497 e. The van der Waals surface area contributed by atoms with Gasteiger partial charge in [0.15, 0.2) is 0 Å². The van der Waals surface area contributed by atoms with Crippen molar-refractivity contribution < 1.29 is 14.6 Å². The Morgan fingerprint density at radius 3 is 2.55 bits per heavy atom. The van der Waals surface area contributed by atoms with Gasteiger partial charge in [0.2, 0.25) is 0 Å². The zero-order valence-corrected chi connectivity index (χ0v) is 12.7. The quantitative estimate of drug-likeness (QED) is 0.921. The number of methoxy groups -OCH3 is 2. The van der Waals surface area contributed by atoms with Gasteiger partial charge in [-0.25, -0.2) is 0 Å². The van der Waals surface area contributed by atoms with Gasteiger partial charge >= 0.3 is 0 Å². The second kappa shape index (κ2) is 5.85. The highest BCUT2D eigenvalue weighted by molar-refractivity contribution is 5.69. The molecule has 0 unspecified atom stereocenters. The van der Waals surface area contributed by atoms with Crippen LogP contribution in [0.3, 0.4) is 0 Å². The van der Waals surface area contributed by atoms with E-state index >= 15 is 0 Å². The fourth-order valence-corrected chi connectivity index (χ4v) is 2.64. The SMILES string of the molecule is COc1ccc(-c2ccc(CO)c(=O)n2C2CC2)c(OC)c1. The van der Waals surface area contributed by atoms with Gasteiger partial charge in [-0.05, 0) is 37.1 Å². The van der Waals surface area contributed by atoms with E-state index in [0.717, 1.165) is 24.1 Å². The van der Waals surface area contributed by atoms with Crippen LogP contribution in [0.4, 0.5) is 0 Å². The maximum absolute atomic E-state index is 12.5. The zero-order valence-electron chi connectivity index (χ0n) is 12.7. The molecule has 1 heterocycles. The number of aromatic nitrogens is 1. The van der Waals surface area contributed by atoms with Crippen LogP contribution in [0.1, 0.15) is 24.4 Å². The molecular formula is C17H19NO4. The molecule has 3 rings (SSSR count). The molecule has 1 saturated carbocycles. The first-order valence-corrected chi connectivity index (χ1v) is 7.27. The van der Waals surface area contributed by atoms with Crippen molar-refractivity contribution in [1.82, 2.24) is 4.57 Å². The summed E-state index contributed by atoms with van der Waals surface area (Å²) in [5.41, 5.74) is 1.95. The molecule has 5 heteroatoms. The number of aliphatic hydroxyl groups excluding tert-OH is 1. The summed E-state index contributed by atoms with van der Waals surface area (Å²) in [6.45, 7) is -0.244. The summed E-state index contributed by atoms with van der Waals surface area (Å²) >= 11 is 0. The largest absolute Gasteiger partial charge is 0.497 e. The molecule has 1 aliphatic rings. The van der Waals surface area contributed by atoms with E-state index in [1.807, 2.05) is 18.2 Å². The first kappa shape index (κ1) is 14.7. The summed E-state index contributed by atoms with van der Waals surface area (Å²) in [6.07, 6.45) is 1.97. The number of aliphatic hydroxyl groups is 1. The molecule has 116 valence electrons. The third-order valence-corrected chi connectivity index (χ3v) is 3.96. The molecule has 0 aliphatic heterocycles. The van der Waals surface area contributed by atoms with Gasteiger partial charge in [0.05, 0.1) is 26.5 Å². The lowest BCUT2D eigenvalue weighted by atomic mass is 10.1. The Bertz CT molecular complexity index is 747. The van der Waals surface area contributed by atoms with Crippen LogP contribution in [-0.4, -0.2) is 23.9 Å². The molecule has 0 atom stereocenters. The van der Waals surface area contributed by atoms with Gasteiger partial charge in [-0.2, -0.15) is 0 Å². The lowest BCUT2D eigenvalue weighted by molar-refractivity contribution is 0.279. The van der Waals surface area contributed by atoms with Crippen LogP contribution >= 0.6 is 0 Å². The average Bonchev–Trinajstić information content (AvgIpc) is 3.38. The van der Waals surface area contributed by atoms with Crippen molar-refractivity contribution in [3.05, 3.63) is 46.2 Å². The first-order valence-electron chi connectivity index (χ1n) is 7.27. The molecule has 0 bridgehead atoms. The number of ether oxygens (including phenoxy) is 2. The molecule has 22 heavy (non-hydrogen) atoms. The predicted molar refractivity (Wildman–Crippen MR) is 83.4 cm³/mol. The molecule has 0 radical (unpaired) electrons. The highest BCUT2D eigenvalue weighted by Gasteiger charge is 2.28. The van der Waals surface area contributed by atoms with Crippen molar-refractivity contribution in [1.29, 1.82) is 0 Å². The Balaban J connectivity index is 2.20. The van der Waals surface area contributed by atoms with Gasteiger partial charge in [-0.3, -0.25) is 4.79 Å². The van der Waals surface area contributed by atoms with E-state index in [-0.39, 0.29) is 18.2 Å². The van der Waals surface area contributed by atoms with Gasteiger partial charge in [-0.1, -0.05) is 0 Å². The van der Waals surface area contributed by atoms with Crippen LogP contribution in [0.15, 0.2) is 35.1 Å². The fraction of sp³-hybridized carbons (Fsp3) is 0.353. The summed E-state index contributed by atoms with van der Waals surface area (Å²) in [4.78, 5) is 12.5. The highest BCUT2D eigenvalue weighted by atomic mass is 16.5. The van der Waals surface area contributed by atoms with E-state index in [1.165, 1.54) is 0 Å². The normalized spacial score (nSPS) is 14.0. The number of nitrogens with zero attached hydrogens (tertiary/aromatic N) is 1. The minimum absolute atomic E-state index is 0.125. The Kier molecular flexibility index (Phi) is 3.90. The minimum atomic E-state index is -0.244. The van der Waals surface area contributed by atoms with E-state index in [9.17, 15) is 9.90 Å². The molecule has 1 aromatic heterocycles. The summed E-state index contributed by atoms with van der Waals surface area (Å²) < 4.78 is 12.4. The summed E-state index contributed by atoms with van der Waals surface area (Å²) in [5, 5.41) is 9.32. The van der Waals surface area contributed by atoms with Crippen LogP contribution in [0.25, 0.3) is 11.3 Å². The monoisotopic (exact) mass is 301 g/mol. The van der Waals surface area contributed by atoms with Crippen molar-refractivity contribution in [2.45, 2.75) is 25.5 Å².